The minimum absolute atomic E-state index is 0.152. The van der Waals surface area contributed by atoms with E-state index in [1.807, 2.05) is 24.4 Å². The van der Waals surface area contributed by atoms with Gasteiger partial charge in [0.2, 0.25) is 6.79 Å². The summed E-state index contributed by atoms with van der Waals surface area (Å²) in [6, 6.07) is 11.4. The van der Waals surface area contributed by atoms with Gasteiger partial charge in [-0.25, -0.2) is 9.67 Å². The summed E-state index contributed by atoms with van der Waals surface area (Å²) in [6.07, 6.45) is 6.71. The molecule has 0 bridgehead atoms. The van der Waals surface area contributed by atoms with Crippen LogP contribution in [0.3, 0.4) is 0 Å². The lowest BCUT2D eigenvalue weighted by atomic mass is 9.74. The van der Waals surface area contributed by atoms with E-state index in [-0.39, 0.29) is 18.1 Å². The molecule has 0 radical (unpaired) electrons. The number of ether oxygens (including phenoxy) is 3. The fourth-order valence-electron chi connectivity index (χ4n) is 3.97. The number of hydrogen-bond acceptors (Lipinski definition) is 6. The van der Waals surface area contributed by atoms with E-state index in [9.17, 15) is 4.79 Å². The molecule has 8 nitrogen and oxygen atoms in total. The Labute approximate surface area is 173 Å². The topological polar surface area (TPSA) is 87.5 Å². The van der Waals surface area contributed by atoms with E-state index < -0.39 is 0 Å². The highest BCUT2D eigenvalue weighted by molar-refractivity contribution is 5.94. The van der Waals surface area contributed by atoms with E-state index in [0.717, 1.165) is 29.9 Å². The van der Waals surface area contributed by atoms with Crippen LogP contribution in [0.15, 0.2) is 55.0 Å². The van der Waals surface area contributed by atoms with Gasteiger partial charge in [-0.2, -0.15) is 5.10 Å². The maximum atomic E-state index is 12.8. The molecule has 5 rings (SSSR count). The molecule has 1 amide bonds. The van der Waals surface area contributed by atoms with Crippen LogP contribution in [-0.2, 0) is 10.2 Å². The van der Waals surface area contributed by atoms with Crippen molar-refractivity contribution in [3.05, 3.63) is 66.1 Å². The molecule has 2 aliphatic heterocycles. The predicted octanol–water partition coefficient (Wildman–Crippen LogP) is 2.47. The summed E-state index contributed by atoms with van der Waals surface area (Å²) in [5.74, 6) is 2.02. The molecule has 30 heavy (non-hydrogen) atoms. The standard InChI is InChI=1S/C22H22N4O4/c27-21(16-2-5-20(23-13-16)26-9-1-8-25-26)24-14-22(6-10-28-11-7-22)17-3-4-18-19(12-17)30-15-29-18/h1-5,8-9,12-13H,6-7,10-11,14-15H2,(H,24,27). The van der Waals surface area contributed by atoms with Gasteiger partial charge in [0, 0.05) is 43.8 Å². The third-order valence-corrected chi connectivity index (χ3v) is 5.77. The third-order valence-electron chi connectivity index (χ3n) is 5.77. The number of rotatable bonds is 5. The van der Waals surface area contributed by atoms with Crippen LogP contribution in [0.25, 0.3) is 5.82 Å². The van der Waals surface area contributed by atoms with Crippen LogP contribution in [0.4, 0.5) is 0 Å². The molecular formula is C22H22N4O4. The van der Waals surface area contributed by atoms with Crippen LogP contribution in [0.1, 0.15) is 28.8 Å². The van der Waals surface area contributed by atoms with Crippen LogP contribution in [0.5, 0.6) is 11.5 Å². The summed E-state index contributed by atoms with van der Waals surface area (Å²) >= 11 is 0. The molecule has 154 valence electrons. The fourth-order valence-corrected chi connectivity index (χ4v) is 3.97. The molecule has 1 aromatic carbocycles. The zero-order valence-electron chi connectivity index (χ0n) is 16.4. The number of hydrogen-bond donors (Lipinski definition) is 1. The number of fused-ring (bicyclic) bond motifs is 1. The van der Waals surface area contributed by atoms with E-state index in [4.69, 9.17) is 14.2 Å². The Morgan fingerprint density at radius 2 is 2.00 bits per heavy atom. The Morgan fingerprint density at radius 1 is 1.13 bits per heavy atom. The number of benzene rings is 1. The molecule has 8 heteroatoms. The molecule has 1 N–H and O–H groups in total. The van der Waals surface area contributed by atoms with Crippen molar-refractivity contribution in [1.29, 1.82) is 0 Å². The van der Waals surface area contributed by atoms with Crippen LogP contribution in [0, 0.1) is 0 Å². The molecule has 1 fully saturated rings. The molecule has 1 saturated heterocycles. The van der Waals surface area contributed by atoms with Gasteiger partial charge in [-0.05, 0) is 48.7 Å². The number of nitrogens with zero attached hydrogens (tertiary/aromatic N) is 3. The Morgan fingerprint density at radius 3 is 2.77 bits per heavy atom. The number of carbonyl (C=O) groups excluding carboxylic acids is 1. The van der Waals surface area contributed by atoms with E-state index in [0.29, 0.717) is 31.1 Å². The fraction of sp³-hybridized carbons (Fsp3) is 0.318. The minimum atomic E-state index is -0.211. The Bertz CT molecular complexity index is 1030. The summed E-state index contributed by atoms with van der Waals surface area (Å²) in [5, 5.41) is 7.25. The predicted molar refractivity (Wildman–Crippen MR) is 108 cm³/mol. The van der Waals surface area contributed by atoms with Gasteiger partial charge in [-0.15, -0.1) is 0 Å². The summed E-state index contributed by atoms with van der Waals surface area (Å²) < 4.78 is 18.2. The van der Waals surface area contributed by atoms with E-state index >= 15 is 0 Å². The summed E-state index contributed by atoms with van der Waals surface area (Å²) in [7, 11) is 0. The molecule has 0 atom stereocenters. The van der Waals surface area contributed by atoms with Crippen molar-refractivity contribution in [1.82, 2.24) is 20.1 Å². The summed E-state index contributed by atoms with van der Waals surface area (Å²) in [5.41, 5.74) is 1.43. The second-order valence-corrected chi connectivity index (χ2v) is 7.50. The third kappa shape index (κ3) is 3.50. The molecule has 0 aliphatic carbocycles. The highest BCUT2D eigenvalue weighted by Crippen LogP contribution is 2.40. The van der Waals surface area contributed by atoms with Gasteiger partial charge in [0.25, 0.3) is 5.91 Å². The maximum Gasteiger partial charge on any atom is 0.252 e. The van der Waals surface area contributed by atoms with Crippen molar-refractivity contribution in [3.63, 3.8) is 0 Å². The molecule has 0 saturated carbocycles. The second-order valence-electron chi connectivity index (χ2n) is 7.50. The van der Waals surface area contributed by atoms with Crippen LogP contribution in [-0.4, -0.2) is 47.2 Å². The van der Waals surface area contributed by atoms with E-state index in [1.54, 1.807) is 29.2 Å². The normalized spacial score (nSPS) is 16.9. The van der Waals surface area contributed by atoms with Gasteiger partial charge in [0.1, 0.15) is 0 Å². The van der Waals surface area contributed by atoms with Crippen LogP contribution < -0.4 is 14.8 Å². The van der Waals surface area contributed by atoms with Crippen molar-refractivity contribution in [3.8, 4) is 17.3 Å². The first-order chi connectivity index (χ1) is 14.7. The molecule has 0 unspecified atom stereocenters. The molecule has 4 heterocycles. The number of nitrogens with one attached hydrogen (secondary N) is 1. The van der Waals surface area contributed by atoms with Crippen molar-refractivity contribution in [2.24, 2.45) is 0 Å². The smallest absolute Gasteiger partial charge is 0.252 e. The van der Waals surface area contributed by atoms with Gasteiger partial charge in [0.15, 0.2) is 17.3 Å². The highest BCUT2D eigenvalue weighted by atomic mass is 16.7. The molecule has 2 aromatic heterocycles. The number of pyridine rings is 1. The number of aromatic nitrogens is 3. The lowest BCUT2D eigenvalue weighted by Crippen LogP contribution is -2.44. The summed E-state index contributed by atoms with van der Waals surface area (Å²) in [6.45, 7) is 2.07. The highest BCUT2D eigenvalue weighted by Gasteiger charge is 2.36. The van der Waals surface area contributed by atoms with Crippen LogP contribution >= 0.6 is 0 Å². The monoisotopic (exact) mass is 406 g/mol. The van der Waals surface area contributed by atoms with E-state index in [1.165, 1.54) is 0 Å². The lowest BCUT2D eigenvalue weighted by Gasteiger charge is -2.38. The minimum Gasteiger partial charge on any atom is -0.454 e. The average molecular weight is 406 g/mol. The molecular weight excluding hydrogens is 384 g/mol. The Hall–Kier alpha value is -3.39. The number of carbonyl (C=O) groups is 1. The summed E-state index contributed by atoms with van der Waals surface area (Å²) in [4.78, 5) is 17.1. The quantitative estimate of drug-likeness (QED) is 0.700. The molecule has 0 spiro atoms. The van der Waals surface area contributed by atoms with Crippen molar-refractivity contribution in [2.45, 2.75) is 18.3 Å². The first kappa shape index (κ1) is 18.6. The number of amides is 1. The Kier molecular flexibility index (Phi) is 4.84. The van der Waals surface area contributed by atoms with Gasteiger partial charge in [-0.1, -0.05) is 6.07 Å². The zero-order chi connectivity index (χ0) is 20.4. The molecule has 3 aromatic rings. The first-order valence-corrected chi connectivity index (χ1v) is 9.96. The lowest BCUT2D eigenvalue weighted by molar-refractivity contribution is 0.0486. The largest absolute Gasteiger partial charge is 0.454 e. The van der Waals surface area contributed by atoms with Gasteiger partial charge in [0.05, 0.1) is 5.56 Å². The van der Waals surface area contributed by atoms with E-state index in [2.05, 4.69) is 21.5 Å². The van der Waals surface area contributed by atoms with Crippen LogP contribution in [0.2, 0.25) is 0 Å². The average Bonchev–Trinajstić information content (AvgIpc) is 3.50. The van der Waals surface area contributed by atoms with Crippen molar-refractivity contribution in [2.75, 3.05) is 26.6 Å². The van der Waals surface area contributed by atoms with Gasteiger partial charge in [-0.3, -0.25) is 4.79 Å². The SMILES string of the molecule is O=C(NCC1(c2ccc3c(c2)OCO3)CCOCC1)c1ccc(-n2cccn2)nc1. The Balaban J connectivity index is 1.32. The van der Waals surface area contributed by atoms with Crippen molar-refractivity contribution < 1.29 is 19.0 Å². The second kappa shape index (κ2) is 7.79. The van der Waals surface area contributed by atoms with Gasteiger partial charge >= 0.3 is 0 Å². The zero-order valence-corrected chi connectivity index (χ0v) is 16.4. The van der Waals surface area contributed by atoms with Crippen molar-refractivity contribution >= 4 is 5.91 Å². The molecule has 2 aliphatic rings. The first-order valence-electron chi connectivity index (χ1n) is 9.96. The maximum absolute atomic E-state index is 12.8. The van der Waals surface area contributed by atoms with Gasteiger partial charge < -0.3 is 19.5 Å².